The van der Waals surface area contributed by atoms with Crippen LogP contribution < -0.4 is 10.6 Å². The van der Waals surface area contributed by atoms with E-state index in [1.807, 2.05) is 6.92 Å². The maximum Gasteiger partial charge on any atom is 0.234 e. The zero-order valence-corrected chi connectivity index (χ0v) is 12.0. The average molecular weight is 261 g/mol. The van der Waals surface area contributed by atoms with Crippen molar-refractivity contribution in [3.8, 4) is 0 Å². The molecule has 1 aromatic rings. The Morgan fingerprint density at radius 3 is 2.42 bits per heavy atom. The Morgan fingerprint density at radius 1 is 1.21 bits per heavy atom. The highest BCUT2D eigenvalue weighted by Crippen LogP contribution is 2.24. The normalized spacial score (nSPS) is 18.4. The number of anilines is 1. The molecule has 104 valence electrons. The maximum atomic E-state index is 11.2. The van der Waals surface area contributed by atoms with Gasteiger partial charge >= 0.3 is 0 Å². The van der Waals surface area contributed by atoms with E-state index >= 15 is 0 Å². The molecule has 1 atom stereocenters. The number of primary amides is 1. The van der Waals surface area contributed by atoms with Crippen LogP contribution in [-0.2, 0) is 4.79 Å². The Balaban J connectivity index is 2.04. The van der Waals surface area contributed by atoms with Crippen molar-refractivity contribution in [2.24, 2.45) is 5.73 Å². The van der Waals surface area contributed by atoms with E-state index in [4.69, 9.17) is 5.73 Å². The Bertz CT molecular complexity index is 464. The minimum absolute atomic E-state index is 0.166. The van der Waals surface area contributed by atoms with Gasteiger partial charge in [-0.15, -0.1) is 0 Å². The van der Waals surface area contributed by atoms with Crippen molar-refractivity contribution in [1.82, 2.24) is 4.90 Å². The first-order chi connectivity index (χ1) is 9.00. The highest BCUT2D eigenvalue weighted by Gasteiger charge is 2.24. The second-order valence-electron chi connectivity index (χ2n) is 5.32. The zero-order chi connectivity index (χ0) is 14.0. The maximum absolute atomic E-state index is 11.2. The molecule has 4 nitrogen and oxygen atoms in total. The topological polar surface area (TPSA) is 49.6 Å². The molecule has 0 spiro atoms. The lowest BCUT2D eigenvalue weighted by Gasteiger charge is -2.38. The highest BCUT2D eigenvalue weighted by atomic mass is 16.1. The summed E-state index contributed by atoms with van der Waals surface area (Å²) in [4.78, 5) is 15.8. The van der Waals surface area contributed by atoms with Crippen molar-refractivity contribution in [3.63, 3.8) is 0 Å². The van der Waals surface area contributed by atoms with Crippen LogP contribution in [0.1, 0.15) is 18.1 Å². The predicted octanol–water partition coefficient (Wildman–Crippen LogP) is 1.30. The summed E-state index contributed by atoms with van der Waals surface area (Å²) in [6, 6.07) is 6.26. The van der Waals surface area contributed by atoms with Crippen molar-refractivity contribution >= 4 is 11.6 Å². The number of carbonyl (C=O) groups excluding carboxylic acids is 1. The zero-order valence-electron chi connectivity index (χ0n) is 12.0. The Kier molecular flexibility index (Phi) is 4.10. The number of nitrogens with zero attached hydrogens (tertiary/aromatic N) is 2. The van der Waals surface area contributed by atoms with Crippen LogP contribution in [0, 0.1) is 13.8 Å². The summed E-state index contributed by atoms with van der Waals surface area (Å²) >= 11 is 0. The molecule has 0 bridgehead atoms. The van der Waals surface area contributed by atoms with Crippen LogP contribution in [0.2, 0.25) is 0 Å². The molecule has 0 aliphatic carbocycles. The highest BCUT2D eigenvalue weighted by molar-refractivity contribution is 5.79. The molecule has 1 saturated heterocycles. The van der Waals surface area contributed by atoms with E-state index in [1.165, 1.54) is 16.8 Å². The molecule has 1 amide bonds. The van der Waals surface area contributed by atoms with E-state index in [1.54, 1.807) is 0 Å². The molecule has 1 aliphatic heterocycles. The number of benzene rings is 1. The molecule has 2 rings (SSSR count). The van der Waals surface area contributed by atoms with Crippen LogP contribution in [-0.4, -0.2) is 43.0 Å². The molecule has 19 heavy (non-hydrogen) atoms. The molecule has 1 fully saturated rings. The molecule has 1 aliphatic rings. The third kappa shape index (κ3) is 2.89. The second-order valence-corrected chi connectivity index (χ2v) is 5.32. The van der Waals surface area contributed by atoms with E-state index < -0.39 is 0 Å². The molecule has 1 aromatic carbocycles. The first kappa shape index (κ1) is 13.9. The lowest BCUT2D eigenvalue weighted by Crippen LogP contribution is -2.53. The van der Waals surface area contributed by atoms with Gasteiger partial charge in [0.15, 0.2) is 0 Å². The monoisotopic (exact) mass is 261 g/mol. The van der Waals surface area contributed by atoms with Crippen molar-refractivity contribution in [2.75, 3.05) is 31.1 Å². The van der Waals surface area contributed by atoms with Gasteiger partial charge in [0.25, 0.3) is 0 Å². The van der Waals surface area contributed by atoms with E-state index in [-0.39, 0.29) is 11.9 Å². The number of amides is 1. The van der Waals surface area contributed by atoms with Gasteiger partial charge in [0.05, 0.1) is 6.04 Å². The Labute approximate surface area is 115 Å². The van der Waals surface area contributed by atoms with E-state index in [0.717, 1.165) is 26.2 Å². The number of hydrogen-bond donors (Lipinski definition) is 1. The van der Waals surface area contributed by atoms with Crippen LogP contribution in [0.15, 0.2) is 18.2 Å². The fourth-order valence-corrected chi connectivity index (χ4v) is 2.61. The fraction of sp³-hybridized carbons (Fsp3) is 0.533. The average Bonchev–Trinajstić information content (AvgIpc) is 2.41. The summed E-state index contributed by atoms with van der Waals surface area (Å²) in [5.41, 5.74) is 9.34. The lowest BCUT2D eigenvalue weighted by atomic mass is 10.1. The Morgan fingerprint density at radius 2 is 1.84 bits per heavy atom. The Hall–Kier alpha value is -1.55. The molecule has 1 heterocycles. The van der Waals surface area contributed by atoms with Crippen LogP contribution in [0.4, 0.5) is 5.69 Å². The van der Waals surface area contributed by atoms with Gasteiger partial charge in [-0.1, -0.05) is 12.1 Å². The second kappa shape index (κ2) is 5.61. The van der Waals surface area contributed by atoms with Gasteiger partial charge in [-0.25, -0.2) is 0 Å². The van der Waals surface area contributed by atoms with Gasteiger partial charge in [-0.3, -0.25) is 9.69 Å². The molecule has 0 saturated carbocycles. The molecule has 0 radical (unpaired) electrons. The van der Waals surface area contributed by atoms with Gasteiger partial charge in [0.1, 0.15) is 0 Å². The van der Waals surface area contributed by atoms with Crippen molar-refractivity contribution < 1.29 is 4.79 Å². The van der Waals surface area contributed by atoms with E-state index in [2.05, 4.69) is 41.8 Å². The summed E-state index contributed by atoms with van der Waals surface area (Å²) in [6.45, 7) is 9.86. The summed E-state index contributed by atoms with van der Waals surface area (Å²) in [5, 5.41) is 0. The van der Waals surface area contributed by atoms with Crippen LogP contribution in [0.5, 0.6) is 0 Å². The molecular formula is C15H23N3O. The van der Waals surface area contributed by atoms with E-state index in [9.17, 15) is 4.79 Å². The number of carbonyl (C=O) groups is 1. The fourth-order valence-electron chi connectivity index (χ4n) is 2.61. The lowest BCUT2D eigenvalue weighted by molar-refractivity contribution is -0.122. The summed E-state index contributed by atoms with van der Waals surface area (Å²) < 4.78 is 0. The van der Waals surface area contributed by atoms with Crippen molar-refractivity contribution in [3.05, 3.63) is 29.3 Å². The minimum Gasteiger partial charge on any atom is -0.369 e. The number of aryl methyl sites for hydroxylation is 1. The molecule has 0 aromatic heterocycles. The van der Waals surface area contributed by atoms with Gasteiger partial charge in [-0.2, -0.15) is 0 Å². The quantitative estimate of drug-likeness (QED) is 0.892. The largest absolute Gasteiger partial charge is 0.369 e. The molecular weight excluding hydrogens is 238 g/mol. The summed E-state index contributed by atoms with van der Waals surface area (Å²) in [5.74, 6) is -0.236. The standard InChI is InChI=1S/C15H23N3O/c1-11-5-4-6-14(12(11)2)18-9-7-17(8-10-18)13(3)15(16)19/h4-6,13H,7-10H2,1-3H3,(H2,16,19). The van der Waals surface area contributed by atoms with Crippen LogP contribution in [0.25, 0.3) is 0 Å². The van der Waals surface area contributed by atoms with Crippen LogP contribution >= 0.6 is 0 Å². The predicted molar refractivity (Wildman–Crippen MR) is 78.4 cm³/mol. The van der Waals surface area contributed by atoms with Crippen molar-refractivity contribution in [1.29, 1.82) is 0 Å². The van der Waals surface area contributed by atoms with Crippen LogP contribution in [0.3, 0.4) is 0 Å². The SMILES string of the molecule is Cc1cccc(N2CCN(C(C)C(N)=O)CC2)c1C. The smallest absolute Gasteiger partial charge is 0.234 e. The molecule has 4 heteroatoms. The number of nitrogens with two attached hydrogens (primary N) is 1. The van der Waals surface area contributed by atoms with Gasteiger partial charge in [0.2, 0.25) is 5.91 Å². The first-order valence-electron chi connectivity index (χ1n) is 6.85. The molecule has 2 N–H and O–H groups in total. The third-order valence-corrected chi connectivity index (χ3v) is 4.19. The minimum atomic E-state index is -0.236. The van der Waals surface area contributed by atoms with Gasteiger partial charge in [0, 0.05) is 31.9 Å². The third-order valence-electron chi connectivity index (χ3n) is 4.19. The number of piperazine rings is 1. The first-order valence-corrected chi connectivity index (χ1v) is 6.85. The number of hydrogen-bond acceptors (Lipinski definition) is 3. The molecule has 1 unspecified atom stereocenters. The summed E-state index contributed by atoms with van der Waals surface area (Å²) in [6.07, 6.45) is 0. The summed E-state index contributed by atoms with van der Waals surface area (Å²) in [7, 11) is 0. The number of rotatable bonds is 3. The van der Waals surface area contributed by atoms with Gasteiger partial charge in [-0.05, 0) is 38.0 Å². The van der Waals surface area contributed by atoms with Gasteiger partial charge < -0.3 is 10.6 Å². The van der Waals surface area contributed by atoms with E-state index in [0.29, 0.717) is 0 Å². The van der Waals surface area contributed by atoms with Crippen molar-refractivity contribution in [2.45, 2.75) is 26.8 Å².